The molecule has 0 radical (unpaired) electrons. The fourth-order valence-electron chi connectivity index (χ4n) is 2.37. The third kappa shape index (κ3) is 4.83. The van der Waals surface area contributed by atoms with Crippen LogP contribution in [-0.2, 0) is 21.4 Å². The van der Waals surface area contributed by atoms with Crippen molar-refractivity contribution in [1.82, 2.24) is 4.90 Å². The summed E-state index contributed by atoms with van der Waals surface area (Å²) in [5, 5.41) is 0. The van der Waals surface area contributed by atoms with Gasteiger partial charge < -0.3 is 4.90 Å². The lowest BCUT2D eigenvalue weighted by Gasteiger charge is -2.25. The van der Waals surface area contributed by atoms with Crippen molar-refractivity contribution in [3.05, 3.63) is 65.7 Å². The van der Waals surface area contributed by atoms with Crippen LogP contribution >= 0.6 is 0 Å². The molecule has 0 saturated carbocycles. The normalized spacial score (nSPS) is 11.1. The fourth-order valence-corrected chi connectivity index (χ4v) is 3.21. The molecule has 0 unspecified atom stereocenters. The number of hydrogen-bond donors (Lipinski definition) is 0. The Morgan fingerprint density at radius 1 is 1.04 bits per heavy atom. The van der Waals surface area contributed by atoms with Gasteiger partial charge in [0.1, 0.15) is 6.54 Å². The second kappa shape index (κ2) is 7.49. The second-order valence-corrected chi connectivity index (χ2v) is 7.75. The number of carbonyl (C=O) groups is 1. The van der Waals surface area contributed by atoms with E-state index in [0.717, 1.165) is 21.7 Å². The van der Waals surface area contributed by atoms with Crippen LogP contribution in [0.4, 0.5) is 5.69 Å². The van der Waals surface area contributed by atoms with Gasteiger partial charge in [-0.25, -0.2) is 8.42 Å². The minimum atomic E-state index is -3.55. The number of anilines is 1. The summed E-state index contributed by atoms with van der Waals surface area (Å²) in [5.41, 5.74) is 2.43. The minimum Gasteiger partial charge on any atom is -0.340 e. The first-order valence-electron chi connectivity index (χ1n) is 7.59. The van der Waals surface area contributed by atoms with Crippen LogP contribution in [0.2, 0.25) is 0 Å². The van der Waals surface area contributed by atoms with Gasteiger partial charge in [0.2, 0.25) is 15.9 Å². The quantitative estimate of drug-likeness (QED) is 0.807. The van der Waals surface area contributed by atoms with E-state index in [2.05, 4.69) is 0 Å². The number of nitrogens with zero attached hydrogens (tertiary/aromatic N) is 2. The van der Waals surface area contributed by atoms with Crippen molar-refractivity contribution in [1.29, 1.82) is 0 Å². The molecule has 5 nitrogen and oxygen atoms in total. The number of benzene rings is 2. The van der Waals surface area contributed by atoms with Crippen LogP contribution < -0.4 is 4.31 Å². The van der Waals surface area contributed by atoms with Gasteiger partial charge in [-0.3, -0.25) is 9.10 Å². The third-order valence-corrected chi connectivity index (χ3v) is 4.80. The Labute approximate surface area is 143 Å². The van der Waals surface area contributed by atoms with Gasteiger partial charge in [0.05, 0.1) is 11.9 Å². The summed E-state index contributed by atoms with van der Waals surface area (Å²) in [6.07, 6.45) is 1.11. The van der Waals surface area contributed by atoms with E-state index in [-0.39, 0.29) is 12.5 Å². The summed E-state index contributed by atoms with van der Waals surface area (Å²) in [4.78, 5) is 14.0. The molecule has 2 rings (SSSR count). The van der Waals surface area contributed by atoms with Gasteiger partial charge in [-0.05, 0) is 30.2 Å². The standard InChI is InChI=1S/C18H22N2O3S/c1-15-8-7-11-17(12-15)20(24(3,22)23)14-18(21)19(2)13-16-9-5-4-6-10-16/h4-12H,13-14H2,1-3H3. The predicted octanol–water partition coefficient (Wildman–Crippen LogP) is 2.42. The summed E-state index contributed by atoms with van der Waals surface area (Å²) in [6, 6.07) is 16.7. The molecule has 24 heavy (non-hydrogen) atoms. The number of hydrogen-bond acceptors (Lipinski definition) is 3. The van der Waals surface area contributed by atoms with Crippen molar-refractivity contribution in [3.63, 3.8) is 0 Å². The summed E-state index contributed by atoms with van der Waals surface area (Å²) in [5.74, 6) is -0.259. The molecule has 2 aromatic carbocycles. The Morgan fingerprint density at radius 2 is 1.71 bits per heavy atom. The zero-order valence-corrected chi connectivity index (χ0v) is 15.0. The first kappa shape index (κ1) is 18.0. The first-order valence-corrected chi connectivity index (χ1v) is 9.44. The smallest absolute Gasteiger partial charge is 0.243 e. The molecule has 128 valence electrons. The molecule has 0 fully saturated rings. The van der Waals surface area contributed by atoms with Crippen LogP contribution in [-0.4, -0.2) is 39.1 Å². The van der Waals surface area contributed by atoms with E-state index in [1.165, 1.54) is 4.90 Å². The highest BCUT2D eigenvalue weighted by Gasteiger charge is 2.22. The molecule has 0 aliphatic carbocycles. The van der Waals surface area contributed by atoms with Crippen molar-refractivity contribution < 1.29 is 13.2 Å². The van der Waals surface area contributed by atoms with Gasteiger partial charge in [-0.15, -0.1) is 0 Å². The van der Waals surface area contributed by atoms with Crippen molar-refractivity contribution in [2.24, 2.45) is 0 Å². The first-order chi connectivity index (χ1) is 11.3. The monoisotopic (exact) mass is 346 g/mol. The summed E-state index contributed by atoms with van der Waals surface area (Å²) >= 11 is 0. The maximum Gasteiger partial charge on any atom is 0.243 e. The van der Waals surface area contributed by atoms with Crippen LogP contribution in [0.1, 0.15) is 11.1 Å². The minimum absolute atomic E-state index is 0.217. The molecule has 0 saturated heterocycles. The lowest BCUT2D eigenvalue weighted by Crippen LogP contribution is -2.41. The molecule has 0 atom stereocenters. The average molecular weight is 346 g/mol. The molecule has 6 heteroatoms. The molecule has 0 aliphatic rings. The maximum atomic E-state index is 12.5. The van der Waals surface area contributed by atoms with E-state index in [1.54, 1.807) is 25.2 Å². The number of sulfonamides is 1. The zero-order chi connectivity index (χ0) is 17.7. The average Bonchev–Trinajstić information content (AvgIpc) is 2.52. The SMILES string of the molecule is Cc1cccc(N(CC(=O)N(C)Cc2ccccc2)S(C)(=O)=O)c1. The van der Waals surface area contributed by atoms with E-state index in [4.69, 9.17) is 0 Å². The number of carbonyl (C=O) groups excluding carboxylic acids is 1. The van der Waals surface area contributed by atoms with Crippen LogP contribution in [0, 0.1) is 6.92 Å². The lowest BCUT2D eigenvalue weighted by molar-refractivity contribution is -0.128. The van der Waals surface area contributed by atoms with Crippen molar-refractivity contribution in [3.8, 4) is 0 Å². The largest absolute Gasteiger partial charge is 0.340 e. The Morgan fingerprint density at radius 3 is 2.29 bits per heavy atom. The molecule has 0 aliphatic heterocycles. The molecular weight excluding hydrogens is 324 g/mol. The van der Waals surface area contributed by atoms with Gasteiger partial charge >= 0.3 is 0 Å². The summed E-state index contributed by atoms with van der Waals surface area (Å²) < 4.78 is 25.4. The van der Waals surface area contributed by atoms with Gasteiger partial charge in [0.15, 0.2) is 0 Å². The van der Waals surface area contributed by atoms with Gasteiger partial charge in [-0.2, -0.15) is 0 Å². The van der Waals surface area contributed by atoms with Gasteiger partial charge in [0, 0.05) is 13.6 Å². The Kier molecular flexibility index (Phi) is 5.62. The Balaban J connectivity index is 2.16. The van der Waals surface area contributed by atoms with Crippen molar-refractivity contribution >= 4 is 21.6 Å². The van der Waals surface area contributed by atoms with Crippen LogP contribution in [0.15, 0.2) is 54.6 Å². The fraction of sp³-hybridized carbons (Fsp3) is 0.278. The highest BCUT2D eigenvalue weighted by Crippen LogP contribution is 2.19. The summed E-state index contributed by atoms with van der Waals surface area (Å²) in [6.45, 7) is 2.10. The Bertz CT molecular complexity index is 804. The lowest BCUT2D eigenvalue weighted by atomic mass is 10.2. The zero-order valence-electron chi connectivity index (χ0n) is 14.1. The van der Waals surface area contributed by atoms with Gasteiger partial charge in [-0.1, -0.05) is 42.5 Å². The third-order valence-electron chi connectivity index (χ3n) is 3.66. The second-order valence-electron chi connectivity index (χ2n) is 5.84. The topological polar surface area (TPSA) is 57.7 Å². The molecule has 2 aromatic rings. The van der Waals surface area contributed by atoms with Crippen LogP contribution in [0.25, 0.3) is 0 Å². The number of likely N-dealkylation sites (N-methyl/N-ethyl adjacent to an activating group) is 1. The summed E-state index contributed by atoms with van der Waals surface area (Å²) in [7, 11) is -1.88. The predicted molar refractivity (Wildman–Crippen MR) is 96.3 cm³/mol. The van der Waals surface area contributed by atoms with E-state index in [9.17, 15) is 13.2 Å². The van der Waals surface area contributed by atoms with E-state index in [1.807, 2.05) is 43.3 Å². The number of rotatable bonds is 6. The molecule has 0 heterocycles. The van der Waals surface area contributed by atoms with E-state index < -0.39 is 10.0 Å². The molecule has 0 spiro atoms. The van der Waals surface area contributed by atoms with E-state index in [0.29, 0.717) is 12.2 Å². The maximum absolute atomic E-state index is 12.5. The van der Waals surface area contributed by atoms with Crippen molar-refractivity contribution in [2.75, 3.05) is 24.2 Å². The highest BCUT2D eigenvalue weighted by atomic mass is 32.2. The van der Waals surface area contributed by atoms with Crippen LogP contribution in [0.3, 0.4) is 0 Å². The molecule has 0 N–H and O–H groups in total. The highest BCUT2D eigenvalue weighted by molar-refractivity contribution is 7.92. The van der Waals surface area contributed by atoms with Gasteiger partial charge in [0.25, 0.3) is 0 Å². The number of aryl methyl sites for hydroxylation is 1. The van der Waals surface area contributed by atoms with Crippen molar-refractivity contribution in [2.45, 2.75) is 13.5 Å². The Hall–Kier alpha value is -2.34. The molecule has 1 amide bonds. The molecule has 0 bridgehead atoms. The van der Waals surface area contributed by atoms with Crippen LogP contribution in [0.5, 0.6) is 0 Å². The molecular formula is C18H22N2O3S. The number of amides is 1. The molecule has 0 aromatic heterocycles. The van der Waals surface area contributed by atoms with E-state index >= 15 is 0 Å².